The van der Waals surface area contributed by atoms with Gasteiger partial charge >= 0.3 is 0 Å². The number of carbonyl (C=O) groups excluding carboxylic acids is 2. The van der Waals surface area contributed by atoms with Crippen molar-refractivity contribution in [1.29, 1.82) is 0 Å². The molecule has 0 aliphatic rings. The molecule has 0 aromatic heterocycles. The average molecular weight is 457 g/mol. The Morgan fingerprint density at radius 3 is 2.19 bits per heavy atom. The molecule has 0 radical (unpaired) electrons. The van der Waals surface area contributed by atoms with E-state index in [1.165, 1.54) is 5.56 Å². The summed E-state index contributed by atoms with van der Waals surface area (Å²) in [7, 11) is 0. The molecule has 0 spiro atoms. The Labute approximate surface area is 198 Å². The van der Waals surface area contributed by atoms with E-state index in [2.05, 4.69) is 50.4 Å². The lowest BCUT2D eigenvalue weighted by molar-refractivity contribution is -0.140. The summed E-state index contributed by atoms with van der Waals surface area (Å²) >= 11 is 6.35. The minimum atomic E-state index is -0.583. The number of hydrogen-bond donors (Lipinski definition) is 1. The predicted molar refractivity (Wildman–Crippen MR) is 133 cm³/mol. The minimum absolute atomic E-state index is 0.0583. The molecular weight excluding hydrogens is 420 g/mol. The topological polar surface area (TPSA) is 49.4 Å². The molecule has 0 saturated carbocycles. The highest BCUT2D eigenvalue weighted by Gasteiger charge is 2.26. The van der Waals surface area contributed by atoms with Crippen molar-refractivity contribution >= 4 is 23.4 Å². The number of carbonyl (C=O) groups is 2. The van der Waals surface area contributed by atoms with Gasteiger partial charge in [-0.25, -0.2) is 0 Å². The Balaban J connectivity index is 2.13. The van der Waals surface area contributed by atoms with Crippen molar-refractivity contribution in [2.75, 3.05) is 6.54 Å². The van der Waals surface area contributed by atoms with Gasteiger partial charge in [-0.3, -0.25) is 9.59 Å². The second-order valence-corrected chi connectivity index (χ2v) is 10.3. The van der Waals surface area contributed by atoms with Crippen LogP contribution >= 0.6 is 11.6 Å². The maximum atomic E-state index is 13.2. The van der Waals surface area contributed by atoms with E-state index >= 15 is 0 Å². The van der Waals surface area contributed by atoms with Gasteiger partial charge in [-0.05, 0) is 47.4 Å². The molecule has 0 fully saturated rings. The lowest BCUT2D eigenvalue weighted by Gasteiger charge is -2.29. The molecule has 174 valence electrons. The fourth-order valence-electron chi connectivity index (χ4n) is 3.41. The zero-order chi connectivity index (χ0) is 23.9. The lowest BCUT2D eigenvalue weighted by Crippen LogP contribution is -2.48. The third kappa shape index (κ3) is 7.67. The third-order valence-electron chi connectivity index (χ3n) is 5.60. The summed E-state index contributed by atoms with van der Waals surface area (Å²) in [4.78, 5) is 27.6. The second-order valence-electron chi connectivity index (χ2n) is 9.87. The zero-order valence-electron chi connectivity index (χ0n) is 20.2. The molecule has 2 amide bonds. The highest BCUT2D eigenvalue weighted by molar-refractivity contribution is 6.31. The van der Waals surface area contributed by atoms with Crippen LogP contribution in [0.15, 0.2) is 48.5 Å². The first-order chi connectivity index (χ1) is 15.0. The van der Waals surface area contributed by atoms with Gasteiger partial charge in [0.15, 0.2) is 0 Å². The van der Waals surface area contributed by atoms with Crippen molar-refractivity contribution in [2.24, 2.45) is 5.92 Å². The summed E-state index contributed by atoms with van der Waals surface area (Å²) in [5.41, 5.74) is 3.31. The summed E-state index contributed by atoms with van der Waals surface area (Å²) in [5.74, 6) is 0.139. The molecule has 2 rings (SSSR count). The molecule has 0 saturated heterocycles. The number of aryl methyl sites for hydroxylation is 1. The van der Waals surface area contributed by atoms with Gasteiger partial charge in [-0.1, -0.05) is 88.7 Å². The van der Waals surface area contributed by atoms with E-state index in [0.29, 0.717) is 36.9 Å². The zero-order valence-corrected chi connectivity index (χ0v) is 21.0. The van der Waals surface area contributed by atoms with Crippen LogP contribution in [0.1, 0.15) is 64.7 Å². The van der Waals surface area contributed by atoms with Gasteiger partial charge in [0.1, 0.15) is 6.04 Å². The van der Waals surface area contributed by atoms with Crippen molar-refractivity contribution < 1.29 is 9.59 Å². The molecule has 0 aliphatic carbocycles. The maximum Gasteiger partial charge on any atom is 0.242 e. The van der Waals surface area contributed by atoms with Crippen molar-refractivity contribution in [1.82, 2.24) is 10.2 Å². The number of nitrogens with zero attached hydrogens (tertiary/aromatic N) is 1. The summed E-state index contributed by atoms with van der Waals surface area (Å²) in [6.45, 7) is 13.3. The standard InChI is InChI=1S/C27H37ClN2O2/c1-19(2)17-29-26(32)20(3)30(18-22-9-7-8-10-24(22)28)25(31)16-13-21-11-14-23(15-12-21)27(4,5)6/h7-12,14-15,19-20H,13,16-18H2,1-6H3,(H,29,32)/t20-/m1/s1. The molecule has 0 bridgehead atoms. The molecule has 1 atom stereocenters. The largest absolute Gasteiger partial charge is 0.354 e. The van der Waals surface area contributed by atoms with Crippen LogP contribution in [0.25, 0.3) is 0 Å². The summed E-state index contributed by atoms with van der Waals surface area (Å²) in [6, 6.07) is 15.3. The Bertz CT molecular complexity index is 901. The molecule has 4 nitrogen and oxygen atoms in total. The Morgan fingerprint density at radius 1 is 1.00 bits per heavy atom. The number of amides is 2. The molecule has 0 unspecified atom stereocenters. The van der Waals surface area contributed by atoms with E-state index in [1.807, 2.05) is 32.0 Å². The van der Waals surface area contributed by atoms with E-state index in [-0.39, 0.29) is 17.2 Å². The summed E-state index contributed by atoms with van der Waals surface area (Å²) < 4.78 is 0. The molecule has 0 heterocycles. The average Bonchev–Trinajstić information content (AvgIpc) is 2.74. The van der Waals surface area contributed by atoms with E-state index in [0.717, 1.165) is 11.1 Å². The first-order valence-corrected chi connectivity index (χ1v) is 11.8. The minimum Gasteiger partial charge on any atom is -0.354 e. The summed E-state index contributed by atoms with van der Waals surface area (Å²) in [6.07, 6.45) is 0.962. The second kappa shape index (κ2) is 11.5. The van der Waals surface area contributed by atoms with Gasteiger partial charge in [0, 0.05) is 24.5 Å². The molecule has 32 heavy (non-hydrogen) atoms. The fraction of sp³-hybridized carbons (Fsp3) is 0.481. The fourth-order valence-corrected chi connectivity index (χ4v) is 3.61. The molecular formula is C27H37ClN2O2. The van der Waals surface area contributed by atoms with Crippen LogP contribution in [0, 0.1) is 5.92 Å². The monoisotopic (exact) mass is 456 g/mol. The molecule has 2 aromatic rings. The van der Waals surface area contributed by atoms with Crippen molar-refractivity contribution in [2.45, 2.75) is 72.4 Å². The smallest absolute Gasteiger partial charge is 0.242 e. The molecule has 5 heteroatoms. The van der Waals surface area contributed by atoms with E-state index in [4.69, 9.17) is 11.6 Å². The quantitative estimate of drug-likeness (QED) is 0.521. The molecule has 0 aliphatic heterocycles. The number of benzene rings is 2. The summed E-state index contributed by atoms with van der Waals surface area (Å²) in [5, 5.41) is 3.54. The van der Waals surface area contributed by atoms with Crippen LogP contribution in [-0.4, -0.2) is 29.3 Å². The molecule has 1 N–H and O–H groups in total. The van der Waals surface area contributed by atoms with Gasteiger partial charge in [0.2, 0.25) is 11.8 Å². The van der Waals surface area contributed by atoms with Crippen molar-refractivity contribution in [3.8, 4) is 0 Å². The van der Waals surface area contributed by atoms with E-state index < -0.39 is 6.04 Å². The van der Waals surface area contributed by atoms with Gasteiger partial charge < -0.3 is 10.2 Å². The van der Waals surface area contributed by atoms with Gasteiger partial charge in [-0.2, -0.15) is 0 Å². The normalized spacial score (nSPS) is 12.5. The van der Waals surface area contributed by atoms with Gasteiger partial charge in [-0.15, -0.1) is 0 Å². The SMILES string of the molecule is CC(C)CNC(=O)[C@@H](C)N(Cc1ccccc1Cl)C(=O)CCc1ccc(C(C)(C)C)cc1. The highest BCUT2D eigenvalue weighted by atomic mass is 35.5. The Kier molecular flexibility index (Phi) is 9.33. The van der Waals surface area contributed by atoms with Crippen molar-refractivity contribution in [3.63, 3.8) is 0 Å². The van der Waals surface area contributed by atoms with Gasteiger partial charge in [0.25, 0.3) is 0 Å². The number of halogens is 1. The van der Waals surface area contributed by atoms with Crippen molar-refractivity contribution in [3.05, 3.63) is 70.2 Å². The number of rotatable bonds is 9. The van der Waals surface area contributed by atoms with Crippen LogP contribution in [0.5, 0.6) is 0 Å². The van der Waals surface area contributed by atoms with E-state index in [9.17, 15) is 9.59 Å². The Morgan fingerprint density at radius 2 is 1.62 bits per heavy atom. The van der Waals surface area contributed by atoms with Crippen LogP contribution in [0.2, 0.25) is 5.02 Å². The van der Waals surface area contributed by atoms with Crippen LogP contribution < -0.4 is 5.32 Å². The first kappa shape index (κ1) is 25.9. The lowest BCUT2D eigenvalue weighted by atomic mass is 9.86. The van der Waals surface area contributed by atoms with Crippen LogP contribution in [0.3, 0.4) is 0 Å². The van der Waals surface area contributed by atoms with E-state index in [1.54, 1.807) is 17.9 Å². The Hall–Kier alpha value is -2.33. The van der Waals surface area contributed by atoms with Crippen LogP contribution in [0.4, 0.5) is 0 Å². The third-order valence-corrected chi connectivity index (χ3v) is 5.97. The first-order valence-electron chi connectivity index (χ1n) is 11.4. The van der Waals surface area contributed by atoms with Gasteiger partial charge in [0.05, 0.1) is 0 Å². The maximum absolute atomic E-state index is 13.2. The number of nitrogens with one attached hydrogen (secondary N) is 1. The predicted octanol–water partition coefficient (Wildman–Crippen LogP) is 5.76. The molecule has 2 aromatic carbocycles. The van der Waals surface area contributed by atoms with Crippen LogP contribution in [-0.2, 0) is 28.0 Å². The highest BCUT2D eigenvalue weighted by Crippen LogP contribution is 2.23. The number of hydrogen-bond acceptors (Lipinski definition) is 2.